The second-order valence-corrected chi connectivity index (χ2v) is 8.98. The van der Waals surface area contributed by atoms with Gasteiger partial charge < -0.3 is 10.2 Å². The molecule has 1 aromatic rings. The van der Waals surface area contributed by atoms with Crippen LogP contribution in [0.3, 0.4) is 0 Å². The summed E-state index contributed by atoms with van der Waals surface area (Å²) in [5.41, 5.74) is 0. The molecule has 7 nitrogen and oxygen atoms in total. The monoisotopic (exact) mass is 401 g/mol. The van der Waals surface area contributed by atoms with Crippen LogP contribution in [0.5, 0.6) is 0 Å². The third-order valence-electron chi connectivity index (χ3n) is 4.29. The van der Waals surface area contributed by atoms with E-state index in [9.17, 15) is 18.0 Å². The largest absolute Gasteiger partial charge is 0.344 e. The van der Waals surface area contributed by atoms with E-state index in [0.29, 0.717) is 5.02 Å². The van der Waals surface area contributed by atoms with Crippen LogP contribution in [0.15, 0.2) is 29.2 Å². The number of halogens is 1. The molecule has 0 unspecified atom stereocenters. The Morgan fingerprint density at radius 2 is 1.62 bits per heavy atom. The molecule has 9 heteroatoms. The van der Waals surface area contributed by atoms with Gasteiger partial charge in [-0.15, -0.1) is 0 Å². The van der Waals surface area contributed by atoms with Crippen molar-refractivity contribution in [3.63, 3.8) is 0 Å². The van der Waals surface area contributed by atoms with Gasteiger partial charge in [0, 0.05) is 38.1 Å². The van der Waals surface area contributed by atoms with E-state index in [0.717, 1.165) is 0 Å². The molecule has 0 saturated carbocycles. The summed E-state index contributed by atoms with van der Waals surface area (Å²) in [5, 5.41) is 3.14. The van der Waals surface area contributed by atoms with E-state index >= 15 is 0 Å². The van der Waals surface area contributed by atoms with Crippen molar-refractivity contribution in [1.82, 2.24) is 14.5 Å². The quantitative estimate of drug-likeness (QED) is 0.806. The summed E-state index contributed by atoms with van der Waals surface area (Å²) < 4.78 is 26.7. The molecule has 0 bridgehead atoms. The number of rotatable bonds is 5. The number of carbonyl (C=O) groups excluding carboxylic acids is 2. The fourth-order valence-electron chi connectivity index (χ4n) is 2.83. The lowest BCUT2D eigenvalue weighted by Crippen LogP contribution is -2.56. The molecule has 1 fully saturated rings. The Morgan fingerprint density at radius 3 is 2.08 bits per heavy atom. The van der Waals surface area contributed by atoms with E-state index < -0.39 is 16.1 Å². The Kier molecular flexibility index (Phi) is 6.65. The van der Waals surface area contributed by atoms with Gasteiger partial charge in [0.2, 0.25) is 21.8 Å². The van der Waals surface area contributed by atoms with Crippen LogP contribution >= 0.6 is 11.6 Å². The van der Waals surface area contributed by atoms with Gasteiger partial charge in [0.1, 0.15) is 6.04 Å². The normalized spacial score (nSPS) is 17.2. The minimum absolute atomic E-state index is 0.0535. The van der Waals surface area contributed by atoms with Crippen molar-refractivity contribution in [2.75, 3.05) is 26.2 Å². The second kappa shape index (κ2) is 8.37. The van der Waals surface area contributed by atoms with Crippen LogP contribution in [0, 0.1) is 5.92 Å². The van der Waals surface area contributed by atoms with E-state index in [1.54, 1.807) is 4.90 Å². The number of piperazine rings is 1. The van der Waals surface area contributed by atoms with Crippen molar-refractivity contribution in [1.29, 1.82) is 0 Å². The zero-order valence-corrected chi connectivity index (χ0v) is 16.7. The van der Waals surface area contributed by atoms with Gasteiger partial charge in [-0.05, 0) is 30.2 Å². The average molecular weight is 402 g/mol. The highest BCUT2D eigenvalue weighted by atomic mass is 35.5. The molecule has 1 heterocycles. The highest BCUT2D eigenvalue weighted by Crippen LogP contribution is 2.20. The molecule has 2 amide bonds. The first kappa shape index (κ1) is 20.7. The molecular formula is C17H24ClN3O4S. The molecule has 1 aromatic carbocycles. The molecule has 0 radical (unpaired) electrons. The van der Waals surface area contributed by atoms with Gasteiger partial charge in [-0.3, -0.25) is 9.59 Å². The maximum atomic E-state index is 12.7. The van der Waals surface area contributed by atoms with Crippen LogP contribution in [0.2, 0.25) is 5.02 Å². The molecule has 1 saturated heterocycles. The summed E-state index contributed by atoms with van der Waals surface area (Å²) in [5.74, 6) is -0.498. The topological polar surface area (TPSA) is 86.8 Å². The second-order valence-electron chi connectivity index (χ2n) is 6.61. The third-order valence-corrected chi connectivity index (χ3v) is 6.46. The molecule has 0 aliphatic carbocycles. The van der Waals surface area contributed by atoms with Crippen LogP contribution in [0.1, 0.15) is 20.8 Å². The average Bonchev–Trinajstić information content (AvgIpc) is 2.59. The first-order valence-electron chi connectivity index (χ1n) is 8.44. The van der Waals surface area contributed by atoms with Crippen molar-refractivity contribution in [3.8, 4) is 0 Å². The third kappa shape index (κ3) is 4.75. The Hall–Kier alpha value is -1.64. The van der Waals surface area contributed by atoms with Gasteiger partial charge in [-0.25, -0.2) is 8.42 Å². The minimum atomic E-state index is -3.62. The fraction of sp³-hybridized carbons (Fsp3) is 0.529. The Morgan fingerprint density at radius 1 is 1.08 bits per heavy atom. The predicted molar refractivity (Wildman–Crippen MR) is 99.2 cm³/mol. The lowest BCUT2D eigenvalue weighted by Gasteiger charge is -2.36. The Bertz CT molecular complexity index is 757. The van der Waals surface area contributed by atoms with Gasteiger partial charge in [-0.2, -0.15) is 4.31 Å². The first-order valence-corrected chi connectivity index (χ1v) is 10.3. The van der Waals surface area contributed by atoms with E-state index in [4.69, 9.17) is 11.6 Å². The highest BCUT2D eigenvalue weighted by molar-refractivity contribution is 7.89. The zero-order chi connectivity index (χ0) is 19.5. The molecule has 0 aromatic heterocycles. The van der Waals surface area contributed by atoms with Crippen molar-refractivity contribution in [2.24, 2.45) is 5.92 Å². The van der Waals surface area contributed by atoms with Crippen LogP contribution in [-0.2, 0) is 19.6 Å². The molecular weight excluding hydrogens is 378 g/mol. The minimum Gasteiger partial charge on any atom is -0.344 e. The summed E-state index contributed by atoms with van der Waals surface area (Å²) in [4.78, 5) is 25.8. The predicted octanol–water partition coefficient (Wildman–Crippen LogP) is 1.33. The molecule has 1 aliphatic heterocycles. The molecule has 0 spiro atoms. The smallest absolute Gasteiger partial charge is 0.245 e. The number of sulfonamides is 1. The van der Waals surface area contributed by atoms with E-state index in [1.807, 2.05) is 13.8 Å². The van der Waals surface area contributed by atoms with Crippen molar-refractivity contribution in [3.05, 3.63) is 29.3 Å². The molecule has 26 heavy (non-hydrogen) atoms. The lowest BCUT2D eigenvalue weighted by atomic mass is 10.0. The molecule has 1 atom stereocenters. The summed E-state index contributed by atoms with van der Waals surface area (Å²) in [7, 11) is -3.62. The van der Waals surface area contributed by atoms with Gasteiger partial charge >= 0.3 is 0 Å². The van der Waals surface area contributed by atoms with Gasteiger partial charge in [-0.1, -0.05) is 25.4 Å². The van der Waals surface area contributed by atoms with Crippen molar-refractivity contribution < 1.29 is 18.0 Å². The van der Waals surface area contributed by atoms with E-state index in [2.05, 4.69) is 5.32 Å². The number of hydrogen-bond donors (Lipinski definition) is 1. The van der Waals surface area contributed by atoms with Crippen LogP contribution in [0.25, 0.3) is 0 Å². The summed E-state index contributed by atoms with van der Waals surface area (Å²) in [6, 6.07) is 5.41. The lowest BCUT2D eigenvalue weighted by molar-refractivity contribution is -0.138. The van der Waals surface area contributed by atoms with Crippen molar-refractivity contribution >= 4 is 33.4 Å². The zero-order valence-electron chi connectivity index (χ0n) is 15.1. The molecule has 1 aliphatic rings. The maximum absolute atomic E-state index is 12.7. The van der Waals surface area contributed by atoms with Gasteiger partial charge in [0.25, 0.3) is 0 Å². The first-order chi connectivity index (χ1) is 12.1. The number of benzene rings is 1. The van der Waals surface area contributed by atoms with E-state index in [-0.39, 0.29) is 48.8 Å². The number of nitrogens with one attached hydrogen (secondary N) is 1. The maximum Gasteiger partial charge on any atom is 0.245 e. The van der Waals surface area contributed by atoms with E-state index in [1.165, 1.54) is 35.5 Å². The number of nitrogens with zero attached hydrogens (tertiary/aromatic N) is 2. The van der Waals surface area contributed by atoms with Crippen LogP contribution < -0.4 is 5.32 Å². The molecule has 144 valence electrons. The molecule has 1 N–H and O–H groups in total. The van der Waals surface area contributed by atoms with Gasteiger partial charge in [0.05, 0.1) is 4.90 Å². The standard InChI is InChI=1S/C17H24ClN3O4S/c1-12(2)16(19-13(3)22)17(23)20-8-10-21(11-9-20)26(24,25)15-6-4-14(18)5-7-15/h4-7,12,16H,8-11H2,1-3H3,(H,19,22)/t16-/m0/s1. The van der Waals surface area contributed by atoms with Crippen LogP contribution in [0.4, 0.5) is 0 Å². The number of amides is 2. The molecule has 2 rings (SSSR count). The fourth-order valence-corrected chi connectivity index (χ4v) is 4.38. The van der Waals surface area contributed by atoms with Gasteiger partial charge in [0.15, 0.2) is 0 Å². The van der Waals surface area contributed by atoms with Crippen molar-refractivity contribution in [2.45, 2.75) is 31.7 Å². The Labute approximate surface area is 159 Å². The van der Waals surface area contributed by atoms with Crippen LogP contribution in [-0.4, -0.2) is 61.7 Å². The summed E-state index contributed by atoms with van der Waals surface area (Å²) >= 11 is 5.81. The number of carbonyl (C=O) groups is 2. The number of hydrogen-bond acceptors (Lipinski definition) is 4. The SMILES string of the molecule is CC(=O)N[C@H](C(=O)N1CCN(S(=O)(=O)c2ccc(Cl)cc2)CC1)C(C)C. The summed E-state index contributed by atoms with van der Waals surface area (Å²) in [6.07, 6.45) is 0. The summed E-state index contributed by atoms with van der Waals surface area (Å²) in [6.45, 7) is 6.09. The highest BCUT2D eigenvalue weighted by Gasteiger charge is 2.33. The Balaban J connectivity index is 2.05.